The maximum atomic E-state index is 2.35. The standard InChI is InChI=1S/C10H18Ge/c1-6-7(2)9(11)10(4,5)8(6)3/h1-5,11H3. The molecule has 0 amide bonds. The molecule has 0 unspecified atom stereocenters. The van der Waals surface area contributed by atoms with Gasteiger partial charge in [-0.05, 0) is 0 Å². The molecule has 1 rings (SSSR count). The first-order valence-electron chi connectivity index (χ1n) is 4.25. The molecule has 0 bridgehead atoms. The molecule has 0 N–H and O–H groups in total. The van der Waals surface area contributed by atoms with Gasteiger partial charge in [0.05, 0.1) is 0 Å². The zero-order valence-electron chi connectivity index (χ0n) is 8.50. The molecule has 0 aromatic carbocycles. The SMILES string of the molecule is CC1=C(C)C(C)(C)[C]([GeH3])=C1C. The van der Waals surface area contributed by atoms with Gasteiger partial charge in [0, 0.05) is 0 Å². The molecule has 0 fully saturated rings. The molecule has 0 radical (unpaired) electrons. The second kappa shape index (κ2) is 2.51. The first-order valence-corrected chi connectivity index (χ1v) is 6.35. The zero-order chi connectivity index (χ0) is 8.81. The van der Waals surface area contributed by atoms with Crippen molar-refractivity contribution in [3.63, 3.8) is 0 Å². The van der Waals surface area contributed by atoms with Crippen LogP contribution in [0, 0.1) is 5.41 Å². The Bertz CT molecular complexity index is 228. The Morgan fingerprint density at radius 2 is 1.45 bits per heavy atom. The fourth-order valence-electron chi connectivity index (χ4n) is 1.78. The third kappa shape index (κ3) is 1.12. The van der Waals surface area contributed by atoms with Crippen LogP contribution in [0.3, 0.4) is 0 Å². The predicted octanol–water partition coefficient (Wildman–Crippen LogP) is 2.00. The van der Waals surface area contributed by atoms with E-state index in [9.17, 15) is 0 Å². The number of hydrogen-bond donors (Lipinski definition) is 0. The summed E-state index contributed by atoms with van der Waals surface area (Å²) in [5.41, 5.74) is 5.09. The van der Waals surface area contributed by atoms with E-state index in [4.69, 9.17) is 0 Å². The predicted molar refractivity (Wildman–Crippen MR) is 54.8 cm³/mol. The topological polar surface area (TPSA) is 0 Å². The first-order chi connectivity index (χ1) is 4.89. The molecule has 0 saturated heterocycles. The van der Waals surface area contributed by atoms with E-state index in [0.717, 1.165) is 16.5 Å². The first kappa shape index (κ1) is 9.11. The molecular formula is C10H18Ge. The van der Waals surface area contributed by atoms with Crippen molar-refractivity contribution in [3.8, 4) is 0 Å². The molecule has 0 aromatic heterocycles. The van der Waals surface area contributed by atoms with Crippen molar-refractivity contribution in [1.29, 1.82) is 0 Å². The fourth-order valence-corrected chi connectivity index (χ4v) is 3.35. The summed E-state index contributed by atoms with van der Waals surface area (Å²) in [7, 11) is 0. The van der Waals surface area contributed by atoms with Crippen molar-refractivity contribution in [3.05, 3.63) is 21.1 Å². The van der Waals surface area contributed by atoms with Gasteiger partial charge in [0.2, 0.25) is 0 Å². The molecular weight excluding hydrogens is 193 g/mol. The van der Waals surface area contributed by atoms with Gasteiger partial charge in [-0.3, -0.25) is 0 Å². The molecule has 11 heavy (non-hydrogen) atoms. The molecule has 0 saturated carbocycles. The normalized spacial score (nSPS) is 23.7. The summed E-state index contributed by atoms with van der Waals surface area (Å²) in [6.45, 7) is 11.5. The van der Waals surface area contributed by atoms with Crippen LogP contribution in [0.15, 0.2) is 21.1 Å². The summed E-state index contributed by atoms with van der Waals surface area (Å²) in [6.07, 6.45) is 0. The number of allylic oxidation sites excluding steroid dienone is 4. The van der Waals surface area contributed by atoms with Crippen LogP contribution in [0.2, 0.25) is 0 Å². The van der Waals surface area contributed by atoms with Crippen molar-refractivity contribution in [2.45, 2.75) is 34.6 Å². The van der Waals surface area contributed by atoms with E-state index < -0.39 is 0 Å². The molecule has 0 aromatic rings. The Kier molecular flexibility index (Phi) is 2.08. The van der Waals surface area contributed by atoms with Crippen LogP contribution >= 0.6 is 0 Å². The van der Waals surface area contributed by atoms with Crippen LogP contribution in [0.4, 0.5) is 0 Å². The molecule has 0 heterocycles. The van der Waals surface area contributed by atoms with E-state index in [1.807, 2.05) is 0 Å². The summed E-state index contributed by atoms with van der Waals surface area (Å²) in [5.74, 6) is 0. The van der Waals surface area contributed by atoms with Crippen molar-refractivity contribution in [1.82, 2.24) is 0 Å². The van der Waals surface area contributed by atoms with Crippen LogP contribution in [0.5, 0.6) is 0 Å². The Hall–Kier alpha value is 0.0229. The van der Waals surface area contributed by atoms with Crippen LogP contribution in [0.25, 0.3) is 0 Å². The van der Waals surface area contributed by atoms with Gasteiger partial charge < -0.3 is 0 Å². The van der Waals surface area contributed by atoms with Gasteiger partial charge in [0.15, 0.2) is 0 Å². The molecule has 1 aliphatic carbocycles. The molecule has 0 atom stereocenters. The Labute approximate surface area is 78.0 Å². The van der Waals surface area contributed by atoms with Crippen LogP contribution in [-0.2, 0) is 0 Å². The van der Waals surface area contributed by atoms with Crippen LogP contribution in [-0.4, -0.2) is 16.5 Å². The van der Waals surface area contributed by atoms with Crippen molar-refractivity contribution >= 4 is 16.5 Å². The molecule has 1 aliphatic rings. The van der Waals surface area contributed by atoms with Crippen LogP contribution < -0.4 is 0 Å². The van der Waals surface area contributed by atoms with E-state index in [1.54, 1.807) is 15.6 Å². The van der Waals surface area contributed by atoms with Crippen molar-refractivity contribution in [2.75, 3.05) is 0 Å². The summed E-state index contributed by atoms with van der Waals surface area (Å²) in [4.78, 5) is 0. The van der Waals surface area contributed by atoms with E-state index in [0.29, 0.717) is 5.41 Å². The van der Waals surface area contributed by atoms with Gasteiger partial charge in [-0.25, -0.2) is 0 Å². The molecule has 1 heteroatoms. The van der Waals surface area contributed by atoms with Crippen molar-refractivity contribution in [2.24, 2.45) is 5.41 Å². The van der Waals surface area contributed by atoms with E-state index >= 15 is 0 Å². The molecule has 62 valence electrons. The number of hydrogen-bond acceptors (Lipinski definition) is 0. The average molecular weight is 211 g/mol. The Morgan fingerprint density at radius 3 is 1.55 bits per heavy atom. The fraction of sp³-hybridized carbons (Fsp3) is 0.600. The molecule has 0 spiro atoms. The second-order valence-electron chi connectivity index (χ2n) is 4.12. The van der Waals surface area contributed by atoms with Gasteiger partial charge in [-0.1, -0.05) is 0 Å². The third-order valence-electron chi connectivity index (χ3n) is 3.56. The quantitative estimate of drug-likeness (QED) is 0.537. The Morgan fingerprint density at radius 1 is 1.00 bits per heavy atom. The van der Waals surface area contributed by atoms with Gasteiger partial charge in [0.1, 0.15) is 0 Å². The third-order valence-corrected chi connectivity index (χ3v) is 7.76. The van der Waals surface area contributed by atoms with Gasteiger partial charge in [-0.15, -0.1) is 0 Å². The monoisotopic (exact) mass is 212 g/mol. The van der Waals surface area contributed by atoms with Gasteiger partial charge >= 0.3 is 77.7 Å². The average Bonchev–Trinajstić information content (AvgIpc) is 2.06. The number of rotatable bonds is 0. The summed E-state index contributed by atoms with van der Waals surface area (Å²) in [5, 5.41) is 0. The summed E-state index contributed by atoms with van der Waals surface area (Å²) in [6, 6.07) is 0. The zero-order valence-corrected chi connectivity index (χ0v) is 12.7. The summed E-state index contributed by atoms with van der Waals surface area (Å²) < 4.78 is 1.72. The molecule has 0 nitrogen and oxygen atoms in total. The van der Waals surface area contributed by atoms with Gasteiger partial charge in [-0.2, -0.15) is 0 Å². The molecule has 0 aliphatic heterocycles. The maximum absolute atomic E-state index is 2.35. The van der Waals surface area contributed by atoms with E-state index in [1.165, 1.54) is 5.57 Å². The summed E-state index contributed by atoms with van der Waals surface area (Å²) >= 11 is 0.847. The Balaban J connectivity index is 3.27. The minimum absolute atomic E-state index is 0.397. The van der Waals surface area contributed by atoms with E-state index in [-0.39, 0.29) is 0 Å². The van der Waals surface area contributed by atoms with E-state index in [2.05, 4.69) is 34.6 Å². The van der Waals surface area contributed by atoms with Crippen LogP contribution in [0.1, 0.15) is 34.6 Å². The second-order valence-corrected chi connectivity index (χ2v) is 6.22. The van der Waals surface area contributed by atoms with Crippen molar-refractivity contribution < 1.29 is 0 Å². The van der Waals surface area contributed by atoms with Gasteiger partial charge in [0.25, 0.3) is 0 Å². The minimum atomic E-state index is 0.397.